The van der Waals surface area contributed by atoms with Crippen molar-refractivity contribution in [1.82, 2.24) is 14.7 Å². The van der Waals surface area contributed by atoms with Crippen LogP contribution in [0.4, 0.5) is 18.0 Å². The second-order valence-corrected chi connectivity index (χ2v) is 6.05. The van der Waals surface area contributed by atoms with Gasteiger partial charge in [0, 0.05) is 0 Å². The Kier molecular flexibility index (Phi) is 5.50. The van der Waals surface area contributed by atoms with E-state index in [1.165, 1.54) is 11.8 Å². The minimum Gasteiger partial charge on any atom is -0.494 e. The molecule has 0 radical (unpaired) electrons. The zero-order valence-electron chi connectivity index (χ0n) is 12.9. The molecule has 0 aliphatic heterocycles. The zero-order valence-corrected chi connectivity index (χ0v) is 13.7. The lowest BCUT2D eigenvalue weighted by molar-refractivity contribution is -0.275. The fourth-order valence-electron chi connectivity index (χ4n) is 1.61. The molecule has 9 nitrogen and oxygen atoms in total. The second kappa shape index (κ2) is 7.43. The number of sulfonamides is 1. The van der Waals surface area contributed by atoms with Gasteiger partial charge >= 0.3 is 18.5 Å². The molecule has 0 aliphatic carbocycles. The number of carbonyl (C=O) groups excluding carboxylic acids is 1. The van der Waals surface area contributed by atoms with Gasteiger partial charge in [0.05, 0.1) is 19.5 Å². The minimum atomic E-state index is -5.12. The minimum absolute atomic E-state index is 0.253. The van der Waals surface area contributed by atoms with Gasteiger partial charge in [-0.3, -0.25) is 0 Å². The topological polar surface area (TPSA) is 117 Å². The molecule has 140 valence electrons. The van der Waals surface area contributed by atoms with Crippen molar-refractivity contribution < 1.29 is 40.6 Å². The van der Waals surface area contributed by atoms with Crippen molar-refractivity contribution in [2.24, 2.45) is 0 Å². The van der Waals surface area contributed by atoms with Crippen molar-refractivity contribution in [3.63, 3.8) is 0 Å². The van der Waals surface area contributed by atoms with Gasteiger partial charge in [-0.1, -0.05) is 12.1 Å². The summed E-state index contributed by atoms with van der Waals surface area (Å²) in [6, 6.07) is 3.37. The number of carbonyl (C=O) groups is 1. The highest BCUT2D eigenvalue weighted by Gasteiger charge is 2.34. The number of alkyl halides is 3. The first kappa shape index (κ1) is 19.2. The normalized spacial score (nSPS) is 11.5. The molecule has 1 heterocycles. The molecule has 0 aliphatic rings. The molecule has 1 aromatic carbocycles. The maximum atomic E-state index is 12.4. The molecule has 0 atom stereocenters. The maximum absolute atomic E-state index is 12.4. The number of methoxy groups -OCH3 is 1. The van der Waals surface area contributed by atoms with Gasteiger partial charge in [-0.15, -0.1) is 13.2 Å². The summed E-state index contributed by atoms with van der Waals surface area (Å²) in [5.41, 5.74) is 0. The number of nitrogens with zero attached hydrogens (tertiary/aromatic N) is 2. The van der Waals surface area contributed by atoms with E-state index in [2.05, 4.69) is 19.4 Å². The predicted molar refractivity (Wildman–Crippen MR) is 78.1 cm³/mol. The van der Waals surface area contributed by atoms with Crippen LogP contribution in [0.25, 0.3) is 0 Å². The Labute approximate surface area is 144 Å². The molecule has 0 unspecified atom stereocenters. The summed E-state index contributed by atoms with van der Waals surface area (Å²) in [6.07, 6.45) is -4.35. The van der Waals surface area contributed by atoms with Gasteiger partial charge in [0.25, 0.3) is 10.0 Å². The van der Waals surface area contributed by atoms with E-state index in [-0.39, 0.29) is 5.75 Å². The Morgan fingerprint density at radius 2 is 1.77 bits per heavy atom. The number of nitrogens with one attached hydrogen (secondary N) is 1. The van der Waals surface area contributed by atoms with E-state index >= 15 is 0 Å². The molecule has 0 spiro atoms. The highest BCUT2D eigenvalue weighted by Crippen LogP contribution is 2.29. The molecule has 0 fully saturated rings. The van der Waals surface area contributed by atoms with Crippen molar-refractivity contribution >= 4 is 16.1 Å². The Morgan fingerprint density at radius 3 is 2.35 bits per heavy atom. The lowest BCUT2D eigenvalue weighted by Gasteiger charge is -2.13. The van der Waals surface area contributed by atoms with Gasteiger partial charge in [-0.2, -0.15) is 9.97 Å². The van der Waals surface area contributed by atoms with Crippen molar-refractivity contribution in [3.8, 4) is 17.5 Å². The first-order valence-electron chi connectivity index (χ1n) is 6.56. The molecular weight excluding hydrogens is 383 g/mol. The molecule has 0 bridgehead atoms. The van der Waals surface area contributed by atoms with Gasteiger partial charge in [-0.25, -0.2) is 17.9 Å². The summed E-state index contributed by atoms with van der Waals surface area (Å²) < 4.78 is 75.7. The molecule has 1 N–H and O–H groups in total. The van der Waals surface area contributed by atoms with Crippen LogP contribution in [0, 0.1) is 0 Å². The van der Waals surface area contributed by atoms with Gasteiger partial charge in [0.2, 0.25) is 0 Å². The third kappa shape index (κ3) is 5.20. The smallest absolute Gasteiger partial charge is 0.494 e. The summed E-state index contributed by atoms with van der Waals surface area (Å²) in [5.74, 6) is -0.760. The van der Waals surface area contributed by atoms with Crippen LogP contribution >= 0.6 is 0 Å². The van der Waals surface area contributed by atoms with E-state index in [1.807, 2.05) is 0 Å². The van der Waals surface area contributed by atoms with Crippen LogP contribution < -0.4 is 18.9 Å². The van der Waals surface area contributed by atoms with Crippen molar-refractivity contribution in [2.75, 3.05) is 7.11 Å². The molecule has 1 amide bonds. The van der Waals surface area contributed by atoms with Crippen molar-refractivity contribution in [1.29, 1.82) is 0 Å². The molecular formula is C13H10F3N3O6S. The van der Waals surface area contributed by atoms with Crippen LogP contribution in [0.5, 0.6) is 17.5 Å². The van der Waals surface area contributed by atoms with Gasteiger partial charge in [0.15, 0.2) is 5.75 Å². The van der Waals surface area contributed by atoms with E-state index < -0.39 is 39.1 Å². The first-order chi connectivity index (χ1) is 12.1. The van der Waals surface area contributed by atoms with Crippen LogP contribution in [0.1, 0.15) is 0 Å². The summed E-state index contributed by atoms with van der Waals surface area (Å²) in [7, 11) is -3.38. The standard InChI is InChI=1S/C13H10F3N3O6S/c1-23-8-6-17-11(18-7-8)24-12(20)19-26(21,22)10-5-3-2-4-9(10)25-13(14,15)16/h2-7H,1H3,(H,19,20). The third-order valence-corrected chi connectivity index (χ3v) is 3.96. The SMILES string of the molecule is COc1cnc(OC(=O)NS(=O)(=O)c2ccccc2OC(F)(F)F)nc1. The number of aromatic nitrogens is 2. The van der Waals surface area contributed by atoms with Gasteiger partial charge in [-0.05, 0) is 12.1 Å². The van der Waals surface area contributed by atoms with Crippen LogP contribution in [0.15, 0.2) is 41.6 Å². The Morgan fingerprint density at radius 1 is 1.15 bits per heavy atom. The molecule has 0 saturated carbocycles. The average Bonchev–Trinajstić information content (AvgIpc) is 2.54. The van der Waals surface area contributed by atoms with E-state index in [9.17, 15) is 26.4 Å². The summed E-state index contributed by atoms with van der Waals surface area (Å²) in [5, 5.41) is 0. The van der Waals surface area contributed by atoms with Crippen LogP contribution in [0.2, 0.25) is 0 Å². The van der Waals surface area contributed by atoms with E-state index in [0.717, 1.165) is 36.7 Å². The highest BCUT2D eigenvalue weighted by molar-refractivity contribution is 7.90. The third-order valence-electron chi connectivity index (χ3n) is 2.61. The largest absolute Gasteiger partial charge is 0.573 e. The number of para-hydroxylation sites is 1. The van der Waals surface area contributed by atoms with E-state index in [1.54, 1.807) is 0 Å². The number of ether oxygens (including phenoxy) is 3. The fraction of sp³-hybridized carbons (Fsp3) is 0.154. The van der Waals surface area contributed by atoms with E-state index in [4.69, 9.17) is 4.74 Å². The number of benzene rings is 1. The number of hydrogen-bond donors (Lipinski definition) is 1. The van der Waals surface area contributed by atoms with Crippen molar-refractivity contribution in [2.45, 2.75) is 11.3 Å². The van der Waals surface area contributed by atoms with Crippen LogP contribution in [-0.4, -0.2) is 38.0 Å². The zero-order chi connectivity index (χ0) is 19.4. The number of amides is 1. The van der Waals surface area contributed by atoms with Gasteiger partial charge in [0.1, 0.15) is 10.6 Å². The summed E-state index contributed by atoms with van der Waals surface area (Å²) in [6.45, 7) is 0. The Hall–Kier alpha value is -3.09. The number of rotatable bonds is 5. The summed E-state index contributed by atoms with van der Waals surface area (Å²) >= 11 is 0. The fourth-order valence-corrected chi connectivity index (χ4v) is 2.62. The summed E-state index contributed by atoms with van der Waals surface area (Å²) in [4.78, 5) is 17.9. The second-order valence-electron chi connectivity index (χ2n) is 4.40. The number of hydrogen-bond acceptors (Lipinski definition) is 8. The first-order valence-corrected chi connectivity index (χ1v) is 8.04. The Balaban J connectivity index is 2.16. The highest BCUT2D eigenvalue weighted by atomic mass is 32.2. The molecule has 2 rings (SSSR count). The molecule has 1 aromatic heterocycles. The van der Waals surface area contributed by atoms with Gasteiger partial charge < -0.3 is 14.2 Å². The molecule has 2 aromatic rings. The van der Waals surface area contributed by atoms with Crippen LogP contribution in [0.3, 0.4) is 0 Å². The average molecular weight is 393 g/mol. The van der Waals surface area contributed by atoms with Crippen molar-refractivity contribution in [3.05, 3.63) is 36.7 Å². The number of halogens is 3. The van der Waals surface area contributed by atoms with Crippen LogP contribution in [-0.2, 0) is 10.0 Å². The molecule has 26 heavy (non-hydrogen) atoms. The quantitative estimate of drug-likeness (QED) is 0.818. The Bertz CT molecular complexity index is 887. The molecule has 13 heteroatoms. The maximum Gasteiger partial charge on any atom is 0.573 e. The predicted octanol–water partition coefficient (Wildman–Crippen LogP) is 1.86. The lowest BCUT2D eigenvalue weighted by atomic mass is 10.3. The monoisotopic (exact) mass is 393 g/mol. The molecule has 0 saturated heterocycles. The lowest BCUT2D eigenvalue weighted by Crippen LogP contribution is -2.34. The van der Waals surface area contributed by atoms with E-state index in [0.29, 0.717) is 0 Å².